The van der Waals surface area contributed by atoms with Crippen molar-refractivity contribution in [3.63, 3.8) is 0 Å². The Morgan fingerprint density at radius 2 is 1.89 bits per heavy atom. The predicted octanol–water partition coefficient (Wildman–Crippen LogP) is 3.58. The van der Waals surface area contributed by atoms with Crippen LogP contribution in [0.25, 0.3) is 10.6 Å². The van der Waals surface area contributed by atoms with Gasteiger partial charge in [0.15, 0.2) is 0 Å². The lowest BCUT2D eigenvalue weighted by atomic mass is 10.0. The zero-order valence-electron chi connectivity index (χ0n) is 11.1. The molecule has 1 aromatic carbocycles. The molecule has 1 heterocycles. The second kappa shape index (κ2) is 6.43. The fraction of sp³-hybridized carbons (Fsp3) is 0.357. The van der Waals surface area contributed by atoms with E-state index < -0.39 is 0 Å². The third-order valence-corrected chi connectivity index (χ3v) is 3.92. The van der Waals surface area contributed by atoms with Gasteiger partial charge >= 0.3 is 0 Å². The summed E-state index contributed by atoms with van der Waals surface area (Å²) in [5, 5.41) is 12.3. The van der Waals surface area contributed by atoms with Crippen LogP contribution in [-0.2, 0) is 4.79 Å². The predicted molar refractivity (Wildman–Crippen MR) is 78.0 cm³/mol. The van der Waals surface area contributed by atoms with E-state index in [9.17, 15) is 4.79 Å². The minimum Gasteiger partial charge on any atom is -0.300 e. The van der Waals surface area contributed by atoms with Gasteiger partial charge in [-0.05, 0) is 12.8 Å². The molecular formula is C14H17N3OS. The summed E-state index contributed by atoms with van der Waals surface area (Å²) in [6.07, 6.45) is 1.68. The Balaban J connectivity index is 2.08. The molecule has 1 amide bonds. The highest BCUT2D eigenvalue weighted by Crippen LogP contribution is 2.26. The van der Waals surface area contributed by atoms with E-state index in [1.807, 2.05) is 44.2 Å². The van der Waals surface area contributed by atoms with Crippen molar-refractivity contribution in [2.24, 2.45) is 5.92 Å². The van der Waals surface area contributed by atoms with Gasteiger partial charge in [-0.1, -0.05) is 55.5 Å². The molecule has 0 aliphatic carbocycles. The number of amides is 1. The second-order valence-corrected chi connectivity index (χ2v) is 5.26. The van der Waals surface area contributed by atoms with Gasteiger partial charge in [-0.25, -0.2) is 0 Å². The van der Waals surface area contributed by atoms with Gasteiger partial charge in [0.2, 0.25) is 11.0 Å². The number of nitrogens with zero attached hydrogens (tertiary/aromatic N) is 2. The summed E-state index contributed by atoms with van der Waals surface area (Å²) in [5.74, 6) is 0.0739. The van der Waals surface area contributed by atoms with Crippen molar-refractivity contribution >= 4 is 22.4 Å². The molecule has 0 saturated carbocycles. The summed E-state index contributed by atoms with van der Waals surface area (Å²) in [4.78, 5) is 11.9. The molecule has 100 valence electrons. The van der Waals surface area contributed by atoms with Crippen molar-refractivity contribution in [1.82, 2.24) is 10.2 Å². The van der Waals surface area contributed by atoms with Crippen LogP contribution < -0.4 is 5.32 Å². The van der Waals surface area contributed by atoms with Gasteiger partial charge in [-0.3, -0.25) is 4.79 Å². The fourth-order valence-electron chi connectivity index (χ4n) is 1.84. The third-order valence-electron chi connectivity index (χ3n) is 3.03. The van der Waals surface area contributed by atoms with Crippen LogP contribution in [0.1, 0.15) is 26.7 Å². The summed E-state index contributed by atoms with van der Waals surface area (Å²) in [6, 6.07) is 9.83. The fourth-order valence-corrected chi connectivity index (χ4v) is 2.59. The van der Waals surface area contributed by atoms with Crippen molar-refractivity contribution in [1.29, 1.82) is 0 Å². The molecule has 0 radical (unpaired) electrons. The quantitative estimate of drug-likeness (QED) is 0.907. The molecule has 4 nitrogen and oxygen atoms in total. The van der Waals surface area contributed by atoms with Crippen LogP contribution >= 0.6 is 11.3 Å². The molecule has 0 unspecified atom stereocenters. The first kappa shape index (κ1) is 13.7. The van der Waals surface area contributed by atoms with Crippen molar-refractivity contribution in [2.75, 3.05) is 5.32 Å². The Labute approximate surface area is 116 Å². The van der Waals surface area contributed by atoms with Crippen LogP contribution in [-0.4, -0.2) is 16.1 Å². The summed E-state index contributed by atoms with van der Waals surface area (Å²) < 4.78 is 0. The number of hydrogen-bond donors (Lipinski definition) is 1. The first-order chi connectivity index (χ1) is 9.24. The molecule has 2 aromatic rings. The average molecular weight is 275 g/mol. The maximum absolute atomic E-state index is 11.9. The molecule has 0 bridgehead atoms. The van der Waals surface area contributed by atoms with Crippen molar-refractivity contribution in [2.45, 2.75) is 26.7 Å². The van der Waals surface area contributed by atoms with Gasteiger partial charge in [-0.15, -0.1) is 10.2 Å². The lowest BCUT2D eigenvalue weighted by Crippen LogP contribution is -2.21. The van der Waals surface area contributed by atoms with Gasteiger partial charge in [0.05, 0.1) is 0 Å². The molecule has 2 rings (SSSR count). The van der Waals surface area contributed by atoms with Crippen LogP contribution in [0.3, 0.4) is 0 Å². The average Bonchev–Trinajstić information content (AvgIpc) is 2.89. The molecule has 19 heavy (non-hydrogen) atoms. The SMILES string of the molecule is CCC(CC)C(=O)Nc1nnc(-c2ccccc2)s1. The van der Waals surface area contributed by atoms with Crippen LogP contribution in [0.15, 0.2) is 30.3 Å². The van der Waals surface area contributed by atoms with E-state index in [2.05, 4.69) is 15.5 Å². The van der Waals surface area contributed by atoms with E-state index in [0.29, 0.717) is 5.13 Å². The molecular weight excluding hydrogens is 258 g/mol. The molecule has 0 aliphatic heterocycles. The summed E-state index contributed by atoms with van der Waals surface area (Å²) in [5.41, 5.74) is 1.02. The van der Waals surface area contributed by atoms with Gasteiger partial charge < -0.3 is 5.32 Å². The summed E-state index contributed by atoms with van der Waals surface area (Å²) >= 11 is 1.40. The molecule has 0 atom stereocenters. The Morgan fingerprint density at radius 3 is 2.53 bits per heavy atom. The van der Waals surface area contributed by atoms with E-state index in [1.165, 1.54) is 11.3 Å². The Morgan fingerprint density at radius 1 is 1.21 bits per heavy atom. The second-order valence-electron chi connectivity index (χ2n) is 4.28. The minimum absolute atomic E-state index is 0.0285. The smallest absolute Gasteiger partial charge is 0.229 e. The van der Waals surface area contributed by atoms with Crippen molar-refractivity contribution in [3.8, 4) is 10.6 Å². The van der Waals surface area contributed by atoms with Crippen LogP contribution in [0.2, 0.25) is 0 Å². The molecule has 0 fully saturated rings. The number of benzene rings is 1. The zero-order valence-corrected chi connectivity index (χ0v) is 11.9. The van der Waals surface area contributed by atoms with Gasteiger partial charge in [-0.2, -0.15) is 0 Å². The van der Waals surface area contributed by atoms with Crippen LogP contribution in [0.4, 0.5) is 5.13 Å². The third kappa shape index (κ3) is 3.38. The molecule has 1 N–H and O–H groups in total. The molecule has 1 aromatic heterocycles. The number of nitrogens with one attached hydrogen (secondary N) is 1. The van der Waals surface area contributed by atoms with E-state index in [4.69, 9.17) is 0 Å². The molecule has 0 saturated heterocycles. The van der Waals surface area contributed by atoms with Gasteiger partial charge in [0.25, 0.3) is 0 Å². The monoisotopic (exact) mass is 275 g/mol. The number of anilines is 1. The summed E-state index contributed by atoms with van der Waals surface area (Å²) in [6.45, 7) is 4.03. The maximum Gasteiger partial charge on any atom is 0.229 e. The van der Waals surface area contributed by atoms with Crippen molar-refractivity contribution < 1.29 is 4.79 Å². The highest BCUT2D eigenvalue weighted by Gasteiger charge is 2.16. The number of rotatable bonds is 5. The lowest BCUT2D eigenvalue weighted by molar-refractivity contribution is -0.120. The van der Waals surface area contributed by atoms with Crippen LogP contribution in [0.5, 0.6) is 0 Å². The van der Waals surface area contributed by atoms with Crippen LogP contribution in [0, 0.1) is 5.92 Å². The van der Waals surface area contributed by atoms with Crippen molar-refractivity contribution in [3.05, 3.63) is 30.3 Å². The minimum atomic E-state index is 0.0285. The highest BCUT2D eigenvalue weighted by atomic mass is 32.1. The first-order valence-electron chi connectivity index (χ1n) is 6.44. The van der Waals surface area contributed by atoms with Gasteiger partial charge in [0.1, 0.15) is 5.01 Å². The summed E-state index contributed by atoms with van der Waals surface area (Å²) in [7, 11) is 0. The van der Waals surface area contributed by atoms with E-state index in [1.54, 1.807) is 0 Å². The standard InChI is InChI=1S/C14H17N3OS/c1-3-10(4-2)12(18)15-14-17-16-13(19-14)11-8-6-5-7-9-11/h5-10H,3-4H2,1-2H3,(H,15,17,18). The molecule has 5 heteroatoms. The number of hydrogen-bond acceptors (Lipinski definition) is 4. The lowest BCUT2D eigenvalue weighted by Gasteiger charge is -2.09. The number of carbonyl (C=O) groups excluding carboxylic acids is 1. The van der Waals surface area contributed by atoms with E-state index in [0.717, 1.165) is 23.4 Å². The number of aromatic nitrogens is 2. The maximum atomic E-state index is 11.9. The molecule has 0 spiro atoms. The normalized spacial score (nSPS) is 10.7. The topological polar surface area (TPSA) is 54.9 Å². The van der Waals surface area contributed by atoms with E-state index in [-0.39, 0.29) is 11.8 Å². The first-order valence-corrected chi connectivity index (χ1v) is 7.26. The van der Waals surface area contributed by atoms with E-state index >= 15 is 0 Å². The zero-order chi connectivity index (χ0) is 13.7. The Bertz CT molecular complexity index is 535. The highest BCUT2D eigenvalue weighted by molar-refractivity contribution is 7.18. The Kier molecular flexibility index (Phi) is 4.63. The molecule has 0 aliphatic rings. The Hall–Kier alpha value is -1.75. The number of carbonyl (C=O) groups is 1. The largest absolute Gasteiger partial charge is 0.300 e. The van der Waals surface area contributed by atoms with Gasteiger partial charge in [0, 0.05) is 11.5 Å².